The van der Waals surface area contributed by atoms with Crippen LogP contribution in [0.25, 0.3) is 39.5 Å². The maximum Gasteiger partial charge on any atom is 0.416 e. The van der Waals surface area contributed by atoms with E-state index >= 15 is 0 Å². The summed E-state index contributed by atoms with van der Waals surface area (Å²) in [5.74, 6) is 3.07. The zero-order chi connectivity index (χ0) is 73.7. The van der Waals surface area contributed by atoms with Crippen LogP contribution in [-0.2, 0) is 18.5 Å². The van der Waals surface area contributed by atoms with Crippen molar-refractivity contribution in [1.82, 2.24) is 54.2 Å². The molecule has 3 aromatic carbocycles. The van der Waals surface area contributed by atoms with Gasteiger partial charge in [0.25, 0.3) is 0 Å². The van der Waals surface area contributed by atoms with Crippen molar-refractivity contribution >= 4 is 86.0 Å². The Morgan fingerprint density at radius 3 is 1.48 bits per heavy atom. The number of nitrogens with two attached hydrogens (primary N) is 1. The molecule has 3 aliphatic carbocycles. The van der Waals surface area contributed by atoms with Gasteiger partial charge in [0.2, 0.25) is 0 Å². The summed E-state index contributed by atoms with van der Waals surface area (Å²) in [6.07, 6.45) is 6.97. The fourth-order valence-corrected chi connectivity index (χ4v) is 13.8. The minimum atomic E-state index is -4.40. The number of rotatable bonds is 9. The predicted molar refractivity (Wildman–Crippen MR) is 387 cm³/mol. The van der Waals surface area contributed by atoms with Crippen LogP contribution in [0.15, 0.2) is 155 Å². The molecule has 103 heavy (non-hydrogen) atoms. The summed E-state index contributed by atoms with van der Waals surface area (Å²) < 4.78 is 122. The van der Waals surface area contributed by atoms with Gasteiger partial charge in [-0.1, -0.05) is 59.6 Å². The Kier molecular flexibility index (Phi) is 25.5. The molecule has 0 bridgehead atoms. The largest absolute Gasteiger partial charge is 0.416 e. The molecule has 5 aliphatic rings. The molecule has 1 atom stereocenters. The molecule has 3 saturated carbocycles. The average molecular weight is 1560 g/mol. The maximum atomic E-state index is 13.1. The van der Waals surface area contributed by atoms with Gasteiger partial charge >= 0.3 is 18.5 Å². The summed E-state index contributed by atoms with van der Waals surface area (Å²) in [6.45, 7) is 11.6. The molecule has 7 N–H and O–H groups in total. The van der Waals surface area contributed by atoms with Crippen molar-refractivity contribution < 1.29 is 54.8 Å². The van der Waals surface area contributed by atoms with Crippen molar-refractivity contribution in [2.75, 3.05) is 11.9 Å². The van der Waals surface area contributed by atoms with Gasteiger partial charge in [-0.15, -0.1) is 17.5 Å². The molecule has 1 unspecified atom stereocenters. The number of fused-ring (bicyclic) bond motifs is 4. The molecule has 31 heteroatoms. The summed E-state index contributed by atoms with van der Waals surface area (Å²) >= 11 is 14.7. The Morgan fingerprint density at radius 1 is 0.534 bits per heavy atom. The van der Waals surface area contributed by atoms with E-state index in [0.717, 1.165) is 118 Å². The number of alkyl halides is 9. The first kappa shape index (κ1) is 79.7. The molecule has 6 aromatic heterocycles. The van der Waals surface area contributed by atoms with E-state index < -0.39 is 52.0 Å². The smallest absolute Gasteiger partial charge is 0.390 e. The third kappa shape index (κ3) is 21.0. The van der Waals surface area contributed by atoms with Crippen LogP contribution in [0.4, 0.5) is 45.3 Å². The molecule has 0 amide bonds. The van der Waals surface area contributed by atoms with Crippen LogP contribution in [0, 0.1) is 17.8 Å². The molecule has 2 aliphatic heterocycles. The number of imidazole rings is 3. The molecule has 14 rings (SSSR count). The molecule has 18 nitrogen and oxygen atoms in total. The Morgan fingerprint density at radius 2 is 0.971 bits per heavy atom. The number of hydrazine groups is 1. The summed E-state index contributed by atoms with van der Waals surface area (Å²) in [5, 5.41) is 48.7. The van der Waals surface area contributed by atoms with Crippen molar-refractivity contribution in [2.45, 2.75) is 178 Å². The van der Waals surface area contributed by atoms with Gasteiger partial charge in [0, 0.05) is 23.2 Å². The van der Waals surface area contributed by atoms with E-state index in [1.807, 2.05) is 59.8 Å². The molecular formula is C72H82BrCl3F9N15O3. The molecule has 0 radical (unpaired) electrons. The van der Waals surface area contributed by atoms with Gasteiger partial charge < -0.3 is 26.4 Å². The van der Waals surface area contributed by atoms with Crippen molar-refractivity contribution in [3.05, 3.63) is 177 Å². The standard InChI is InChI=1S/C22H27F3N4O.C22H25F3N4O.C13H7ClF3N3.C9H19NO.C6H3BrClN3.ClH/c2*1-21(2,30)15-6-8-17(9-7-15)27-19-10-11-20-26-13-18(29(20)28-19)14-4-3-5-16(12-14)22(23,24)25;14-11-4-5-12-18-7-10(20(12)19-11)8-2-1-3-9(6-8)13(15,16)17;1-9(2,11)7-3-5-8(10)6-4-7;7-4-3-9-6-2-1-5(8)10-11(4)6;/h3-5,10-12,15,17-18,30H,6-9,13H2,1-2H3,(H,27,28);3-5,10-13,15,17,30H,6-9H2,1-2H3,(H,27,28);1-7H;7-8,11H,3-6,10H2,1-2H3;1-3H;1H. The second kappa shape index (κ2) is 32.9. The molecule has 0 spiro atoms. The molecular weight excluding hydrogens is 1480 g/mol. The number of hydrogen-bond donors (Lipinski definition) is 6. The van der Waals surface area contributed by atoms with E-state index in [0.29, 0.717) is 80.5 Å². The Bertz CT molecular complexity index is 4420. The van der Waals surface area contributed by atoms with E-state index in [4.69, 9.17) is 33.9 Å². The number of hydrogen-bond acceptors (Lipinski definition) is 14. The number of nitrogens with one attached hydrogen (secondary N) is 2. The molecule has 8 heterocycles. The summed E-state index contributed by atoms with van der Waals surface area (Å²) in [7, 11) is 0. The van der Waals surface area contributed by atoms with Crippen LogP contribution < -0.4 is 16.5 Å². The number of benzene rings is 3. The van der Waals surface area contributed by atoms with Crippen LogP contribution >= 0.6 is 51.5 Å². The molecule has 3 fully saturated rings. The minimum Gasteiger partial charge on any atom is -0.390 e. The zero-order valence-corrected chi connectivity index (χ0v) is 61.2. The van der Waals surface area contributed by atoms with E-state index in [1.165, 1.54) is 41.2 Å². The first-order chi connectivity index (χ1) is 47.9. The van der Waals surface area contributed by atoms with E-state index in [-0.39, 0.29) is 47.5 Å². The van der Waals surface area contributed by atoms with Crippen molar-refractivity contribution in [1.29, 1.82) is 0 Å². The highest BCUT2D eigenvalue weighted by Gasteiger charge is 2.38. The lowest BCUT2D eigenvalue weighted by Crippen LogP contribution is -2.48. The molecule has 0 saturated heterocycles. The van der Waals surface area contributed by atoms with Gasteiger partial charge in [-0.05, 0) is 243 Å². The Balaban J connectivity index is 0.000000158. The summed E-state index contributed by atoms with van der Waals surface area (Å²) in [5.41, 5.74) is 9.27. The number of nitrogens with zero attached hydrogens (tertiary/aromatic N) is 12. The van der Waals surface area contributed by atoms with Gasteiger partial charge in [0.15, 0.2) is 16.9 Å². The first-order valence-corrected chi connectivity index (χ1v) is 35.1. The van der Waals surface area contributed by atoms with Gasteiger partial charge in [-0.2, -0.15) is 49.7 Å². The number of aliphatic imine (C=N–C) groups is 2. The minimum absolute atomic E-state index is 0. The highest BCUT2D eigenvalue weighted by molar-refractivity contribution is 9.10. The number of aliphatic hydroxyl groups is 3. The van der Waals surface area contributed by atoms with Gasteiger partial charge in [-0.3, -0.25) is 20.4 Å². The molecule has 554 valence electrons. The van der Waals surface area contributed by atoms with Gasteiger partial charge in [0.1, 0.15) is 32.4 Å². The topological polar surface area (TPSA) is 229 Å². The fourth-order valence-electron chi connectivity index (χ4n) is 13.1. The van der Waals surface area contributed by atoms with Crippen LogP contribution in [0.1, 0.15) is 147 Å². The van der Waals surface area contributed by atoms with Crippen LogP contribution in [0.2, 0.25) is 10.3 Å². The van der Waals surface area contributed by atoms with Crippen molar-refractivity contribution in [3.63, 3.8) is 0 Å². The number of halogens is 13. The monoisotopic (exact) mass is 1560 g/mol. The van der Waals surface area contributed by atoms with Gasteiger partial charge in [0.05, 0.1) is 82.1 Å². The number of amidine groups is 2. The fraction of sp³-hybridized carbons (Fsp3) is 0.444. The predicted octanol–water partition coefficient (Wildman–Crippen LogP) is 17.3. The SMILES string of the molecule is CC(C)(O)C1CCC(N)CC1.CC(C)(O)C1CCC(N=C2C=CC3=NCC(c4cccc(C(F)(F)F)c4)N3N2)CC1.CC(C)(O)C1CCC(Nc2ccc3ncc(-c4cccc(C(F)(F)F)c4)n3n2)CC1.Cl.Clc1ccc2ncc(Br)n2n1.FC(F)(F)c1cccc(-c2cnc3ccc(Cl)nn23)c1. The Labute approximate surface area is 614 Å². The third-order valence-corrected chi connectivity index (χ3v) is 20.0. The number of anilines is 1. The zero-order valence-electron chi connectivity index (χ0n) is 57.2. The van der Waals surface area contributed by atoms with E-state index in [1.54, 1.807) is 68.8 Å². The Hall–Kier alpha value is -7.44. The summed E-state index contributed by atoms with van der Waals surface area (Å²) in [4.78, 5) is 21.7. The molecule has 9 aromatic rings. The lowest BCUT2D eigenvalue weighted by atomic mass is 9.77. The quantitative estimate of drug-likeness (QED) is 0.0740. The lowest BCUT2D eigenvalue weighted by molar-refractivity contribution is -0.138. The third-order valence-electron chi connectivity index (χ3n) is 19.0. The van der Waals surface area contributed by atoms with Crippen LogP contribution in [0.5, 0.6) is 0 Å². The number of aromatic nitrogens is 9. The van der Waals surface area contributed by atoms with Gasteiger partial charge in [-0.25, -0.2) is 28.5 Å². The first-order valence-electron chi connectivity index (χ1n) is 33.5. The van der Waals surface area contributed by atoms with Crippen LogP contribution in [-0.4, -0.2) is 117 Å². The second-order valence-corrected chi connectivity index (χ2v) is 29.4. The average Bonchev–Trinajstić information content (AvgIpc) is 1.69. The van der Waals surface area contributed by atoms with E-state index in [2.05, 4.69) is 61.9 Å². The van der Waals surface area contributed by atoms with E-state index in [9.17, 15) is 54.8 Å². The normalized spacial score (nSPS) is 21.3. The van der Waals surface area contributed by atoms with Crippen LogP contribution in [0.3, 0.4) is 0 Å². The highest BCUT2D eigenvalue weighted by atomic mass is 79.9. The second-order valence-electron chi connectivity index (χ2n) is 27.8. The van der Waals surface area contributed by atoms with Crippen molar-refractivity contribution in [2.24, 2.45) is 33.5 Å². The maximum absolute atomic E-state index is 13.1. The highest BCUT2D eigenvalue weighted by Crippen LogP contribution is 2.39. The summed E-state index contributed by atoms with van der Waals surface area (Å²) in [6, 6.07) is 26.4. The lowest BCUT2D eigenvalue weighted by Gasteiger charge is -2.36. The van der Waals surface area contributed by atoms with Crippen molar-refractivity contribution in [3.8, 4) is 22.5 Å².